The summed E-state index contributed by atoms with van der Waals surface area (Å²) in [7, 11) is 0. The van der Waals surface area contributed by atoms with Gasteiger partial charge < -0.3 is 5.32 Å². The predicted octanol–water partition coefficient (Wildman–Crippen LogP) is 3.15. The monoisotopic (exact) mass is 388 g/mol. The van der Waals surface area contributed by atoms with E-state index < -0.39 is 11.8 Å². The number of carbonyl (C=O) groups excluding carboxylic acids is 3. The Labute approximate surface area is 160 Å². The molecule has 0 saturated heterocycles. The van der Waals surface area contributed by atoms with E-state index in [2.05, 4.69) is 5.32 Å². The van der Waals surface area contributed by atoms with Gasteiger partial charge in [-0.05, 0) is 43.3 Å². The summed E-state index contributed by atoms with van der Waals surface area (Å²) in [5, 5.41) is 3.42. The number of hydrogen-bond acceptors (Lipinski definition) is 4. The molecule has 26 heavy (non-hydrogen) atoms. The average molecular weight is 389 g/mol. The number of hydrogen-bond donors (Lipinski definition) is 1. The van der Waals surface area contributed by atoms with E-state index in [1.165, 1.54) is 0 Å². The third-order valence-electron chi connectivity index (χ3n) is 3.93. The number of fused-ring (bicyclic) bond motifs is 1. The molecule has 3 rings (SSSR count). The molecule has 0 saturated carbocycles. The molecule has 0 spiro atoms. The van der Waals surface area contributed by atoms with Crippen LogP contribution in [0.2, 0.25) is 5.02 Å². The van der Waals surface area contributed by atoms with Crippen LogP contribution < -0.4 is 5.32 Å². The summed E-state index contributed by atoms with van der Waals surface area (Å²) in [6, 6.07) is 12.5. The molecule has 134 valence electrons. The third-order valence-corrected chi connectivity index (χ3v) is 5.20. The van der Waals surface area contributed by atoms with Crippen LogP contribution in [0.1, 0.15) is 26.3 Å². The van der Waals surface area contributed by atoms with Crippen LogP contribution in [0.5, 0.6) is 0 Å². The highest BCUT2D eigenvalue weighted by Gasteiger charge is 2.36. The molecule has 0 aromatic heterocycles. The Balaban J connectivity index is 1.49. The summed E-state index contributed by atoms with van der Waals surface area (Å²) < 4.78 is 0. The van der Waals surface area contributed by atoms with Gasteiger partial charge >= 0.3 is 0 Å². The number of rotatable bonds is 6. The molecule has 2 aromatic rings. The fraction of sp³-hybridized carbons (Fsp3) is 0.211. The molecule has 0 aliphatic carbocycles. The van der Waals surface area contributed by atoms with Gasteiger partial charge in [0, 0.05) is 22.2 Å². The van der Waals surface area contributed by atoms with Gasteiger partial charge in [0.05, 0.1) is 11.1 Å². The van der Waals surface area contributed by atoms with Gasteiger partial charge in [0.1, 0.15) is 6.54 Å². The minimum absolute atomic E-state index is 0.267. The lowest BCUT2D eigenvalue weighted by Gasteiger charge is -2.13. The van der Waals surface area contributed by atoms with E-state index in [1.807, 2.05) is 31.2 Å². The Morgan fingerprint density at radius 3 is 2.50 bits per heavy atom. The molecule has 7 heteroatoms. The largest absolute Gasteiger partial charge is 0.354 e. The zero-order valence-corrected chi connectivity index (χ0v) is 15.7. The molecule has 1 aliphatic heterocycles. The van der Waals surface area contributed by atoms with Gasteiger partial charge in [-0.2, -0.15) is 0 Å². The maximum absolute atomic E-state index is 12.3. The minimum Gasteiger partial charge on any atom is -0.354 e. The molecule has 0 fully saturated rings. The van der Waals surface area contributed by atoms with Crippen LogP contribution in [0, 0.1) is 6.92 Å². The van der Waals surface area contributed by atoms with Crippen LogP contribution in [-0.4, -0.2) is 41.5 Å². The fourth-order valence-electron chi connectivity index (χ4n) is 2.64. The summed E-state index contributed by atoms with van der Waals surface area (Å²) in [6.07, 6.45) is 0. The van der Waals surface area contributed by atoms with Gasteiger partial charge in [-0.3, -0.25) is 19.3 Å². The highest BCUT2D eigenvalue weighted by Crippen LogP contribution is 2.23. The average Bonchev–Trinajstić information content (AvgIpc) is 2.85. The molecule has 0 bridgehead atoms. The molecular formula is C19H17ClN2O3S. The first kappa shape index (κ1) is 18.5. The number of halogens is 1. The lowest BCUT2D eigenvalue weighted by atomic mass is 10.1. The van der Waals surface area contributed by atoms with E-state index in [1.54, 1.807) is 30.0 Å². The van der Waals surface area contributed by atoms with E-state index in [-0.39, 0.29) is 12.5 Å². The van der Waals surface area contributed by atoms with Crippen molar-refractivity contribution in [2.75, 3.05) is 18.8 Å². The van der Waals surface area contributed by atoms with Crippen molar-refractivity contribution in [2.45, 2.75) is 11.8 Å². The molecule has 0 radical (unpaired) electrons. The topological polar surface area (TPSA) is 66.5 Å². The predicted molar refractivity (Wildman–Crippen MR) is 102 cm³/mol. The second kappa shape index (κ2) is 7.93. The van der Waals surface area contributed by atoms with Gasteiger partial charge in [-0.25, -0.2) is 0 Å². The van der Waals surface area contributed by atoms with Gasteiger partial charge in [-0.15, -0.1) is 11.8 Å². The molecule has 3 amide bonds. The molecule has 0 atom stereocenters. The normalized spacial score (nSPS) is 13.1. The molecule has 1 heterocycles. The van der Waals surface area contributed by atoms with Crippen LogP contribution in [-0.2, 0) is 4.79 Å². The number of imide groups is 1. The standard InChI is InChI=1S/C19H17ClN2O3S/c1-12-2-7-15-16(10-12)19(25)22(18(15)24)11-17(23)21-8-9-26-14-5-3-13(20)4-6-14/h2-7,10H,8-9,11H2,1H3,(H,21,23). The van der Waals surface area contributed by atoms with Crippen LogP contribution >= 0.6 is 23.4 Å². The number of aryl methyl sites for hydroxylation is 1. The smallest absolute Gasteiger partial charge is 0.262 e. The Bertz CT molecular complexity index is 868. The number of nitrogens with one attached hydrogen (secondary N) is 1. The van der Waals surface area contributed by atoms with Gasteiger partial charge in [-0.1, -0.05) is 23.2 Å². The van der Waals surface area contributed by atoms with Crippen molar-refractivity contribution in [1.29, 1.82) is 0 Å². The summed E-state index contributed by atoms with van der Waals surface area (Å²) in [6.45, 7) is 2.02. The van der Waals surface area contributed by atoms with Crippen molar-refractivity contribution in [1.82, 2.24) is 10.2 Å². The number of nitrogens with zero attached hydrogens (tertiary/aromatic N) is 1. The fourth-order valence-corrected chi connectivity index (χ4v) is 3.53. The first-order chi connectivity index (χ1) is 12.5. The van der Waals surface area contributed by atoms with Crippen molar-refractivity contribution < 1.29 is 14.4 Å². The van der Waals surface area contributed by atoms with Crippen LogP contribution in [0.4, 0.5) is 0 Å². The Kier molecular flexibility index (Phi) is 5.64. The second-order valence-corrected chi connectivity index (χ2v) is 7.50. The quantitative estimate of drug-likeness (QED) is 0.469. The van der Waals surface area contributed by atoms with Crippen LogP contribution in [0.3, 0.4) is 0 Å². The number of carbonyl (C=O) groups is 3. The lowest BCUT2D eigenvalue weighted by Crippen LogP contribution is -2.40. The highest BCUT2D eigenvalue weighted by atomic mass is 35.5. The number of thioether (sulfide) groups is 1. The number of amides is 3. The molecule has 1 N–H and O–H groups in total. The van der Waals surface area contributed by atoms with Crippen molar-refractivity contribution in [3.63, 3.8) is 0 Å². The Morgan fingerprint density at radius 1 is 1.08 bits per heavy atom. The summed E-state index contributed by atoms with van der Waals surface area (Å²) in [4.78, 5) is 38.8. The van der Waals surface area contributed by atoms with Crippen LogP contribution in [0.25, 0.3) is 0 Å². The van der Waals surface area contributed by atoms with E-state index in [0.29, 0.717) is 28.4 Å². The molecule has 1 aliphatic rings. The molecule has 0 unspecified atom stereocenters. The van der Waals surface area contributed by atoms with E-state index in [0.717, 1.165) is 15.4 Å². The van der Waals surface area contributed by atoms with E-state index in [9.17, 15) is 14.4 Å². The van der Waals surface area contributed by atoms with Crippen LogP contribution in [0.15, 0.2) is 47.4 Å². The second-order valence-electron chi connectivity index (χ2n) is 5.90. The third kappa shape index (κ3) is 4.08. The lowest BCUT2D eigenvalue weighted by molar-refractivity contribution is -0.121. The number of benzene rings is 2. The molecule has 5 nitrogen and oxygen atoms in total. The summed E-state index contributed by atoms with van der Waals surface area (Å²) in [5.74, 6) is -0.516. The van der Waals surface area contributed by atoms with E-state index in [4.69, 9.17) is 11.6 Å². The van der Waals surface area contributed by atoms with Gasteiger partial charge in [0.2, 0.25) is 5.91 Å². The SMILES string of the molecule is Cc1ccc2c(c1)C(=O)N(CC(=O)NCCSc1ccc(Cl)cc1)C2=O. The first-order valence-corrected chi connectivity index (χ1v) is 9.44. The van der Waals surface area contributed by atoms with Gasteiger partial charge in [0.15, 0.2) is 0 Å². The van der Waals surface area contributed by atoms with Crippen molar-refractivity contribution in [2.24, 2.45) is 0 Å². The summed E-state index contributed by atoms with van der Waals surface area (Å²) >= 11 is 7.42. The van der Waals surface area contributed by atoms with Crippen molar-refractivity contribution in [3.05, 3.63) is 64.2 Å². The van der Waals surface area contributed by atoms with Crippen molar-refractivity contribution >= 4 is 41.1 Å². The zero-order valence-electron chi connectivity index (χ0n) is 14.1. The molecule has 2 aromatic carbocycles. The molecular weight excluding hydrogens is 372 g/mol. The maximum Gasteiger partial charge on any atom is 0.262 e. The zero-order chi connectivity index (χ0) is 18.7. The first-order valence-electron chi connectivity index (χ1n) is 8.07. The Hall–Kier alpha value is -2.31. The Morgan fingerprint density at radius 2 is 1.77 bits per heavy atom. The minimum atomic E-state index is -0.421. The maximum atomic E-state index is 12.3. The van der Waals surface area contributed by atoms with Crippen molar-refractivity contribution in [3.8, 4) is 0 Å². The highest BCUT2D eigenvalue weighted by molar-refractivity contribution is 7.99. The van der Waals surface area contributed by atoms with E-state index >= 15 is 0 Å². The van der Waals surface area contributed by atoms with Gasteiger partial charge in [0.25, 0.3) is 11.8 Å². The summed E-state index contributed by atoms with van der Waals surface area (Å²) in [5.41, 5.74) is 1.61.